The number of likely N-dealkylation sites (tertiary alicyclic amines) is 6. The van der Waals surface area contributed by atoms with Crippen LogP contribution >= 0.6 is 0 Å². The van der Waals surface area contributed by atoms with Crippen molar-refractivity contribution in [2.24, 2.45) is 17.3 Å². The van der Waals surface area contributed by atoms with E-state index in [1.54, 1.807) is 6.92 Å². The van der Waals surface area contributed by atoms with Gasteiger partial charge in [-0.3, -0.25) is 62.6 Å². The second-order valence-corrected chi connectivity index (χ2v) is 36.2. The lowest BCUT2D eigenvalue weighted by molar-refractivity contribution is -0.144. The van der Waals surface area contributed by atoms with Crippen molar-refractivity contribution in [3.63, 3.8) is 0 Å². The van der Waals surface area contributed by atoms with Crippen molar-refractivity contribution in [2.45, 2.75) is 360 Å². The van der Waals surface area contributed by atoms with Gasteiger partial charge in [-0.2, -0.15) is 0 Å². The number of rotatable bonds is 11. The minimum absolute atomic E-state index is 0.0451. The zero-order valence-corrected chi connectivity index (χ0v) is 75.3. The molecule has 27 nitrogen and oxygen atoms in total. The number of hydrogen-bond donors (Lipinski definition) is 7. The molecule has 8 atom stereocenters. The molecule has 0 saturated carbocycles. The Bertz CT molecular complexity index is 2780. The molecule has 9 amide bonds. The van der Waals surface area contributed by atoms with Crippen LogP contribution in [0.5, 0.6) is 0 Å². The highest BCUT2D eigenvalue weighted by atomic mass is 16.3. The maximum atomic E-state index is 11.6. The van der Waals surface area contributed by atoms with Gasteiger partial charge in [0.2, 0.25) is 53.2 Å². The second kappa shape index (κ2) is 50.3. The molecule has 11 heterocycles. The third-order valence-electron chi connectivity index (χ3n) is 22.9. The van der Waals surface area contributed by atoms with Gasteiger partial charge in [0.25, 0.3) is 0 Å². The Morgan fingerprint density at radius 3 is 1.33 bits per heavy atom. The second-order valence-electron chi connectivity index (χ2n) is 36.2. The molecule has 2 bridgehead atoms. The van der Waals surface area contributed by atoms with Crippen LogP contribution in [0.1, 0.15) is 264 Å². The zero-order valence-electron chi connectivity index (χ0n) is 75.3. The summed E-state index contributed by atoms with van der Waals surface area (Å²) in [5.41, 5.74) is -0.551. The third kappa shape index (κ3) is 34.8. The summed E-state index contributed by atoms with van der Waals surface area (Å²) < 4.78 is 0. The largest absolute Gasteiger partial charge is 0.394 e. The number of ketones is 1. The minimum atomic E-state index is -0.775. The molecule has 112 heavy (non-hydrogen) atoms. The molecule has 8 unspecified atom stereocenters. The topological polar surface area (TPSA) is 304 Å². The quantitative estimate of drug-likeness (QED) is 0.110. The maximum absolute atomic E-state index is 11.6. The number of carbonyl (C=O) groups excluding carboxylic acids is 10. The van der Waals surface area contributed by atoms with Crippen LogP contribution in [0.4, 0.5) is 0 Å². The maximum Gasteiger partial charge on any atom is 0.240 e. The van der Waals surface area contributed by atoms with Crippen molar-refractivity contribution < 1.29 is 58.2 Å². The molecule has 27 heteroatoms. The van der Waals surface area contributed by atoms with Crippen LogP contribution < -0.4 is 26.6 Å². The fourth-order valence-corrected chi connectivity index (χ4v) is 15.8. The summed E-state index contributed by atoms with van der Waals surface area (Å²) in [6.07, 6.45) is 10.5. The van der Waals surface area contributed by atoms with Crippen molar-refractivity contribution in [1.29, 1.82) is 0 Å². The number of aliphatic hydroxyl groups excluding tert-OH is 1. The number of Topliss-reactive ketones (excluding diaryl/α,β-unsaturated/α-hetero) is 1. The summed E-state index contributed by atoms with van der Waals surface area (Å²) in [6, 6.07) is 4.23. The van der Waals surface area contributed by atoms with Crippen molar-refractivity contribution in [2.75, 3.05) is 111 Å². The predicted molar refractivity (Wildman–Crippen MR) is 449 cm³/mol. The Morgan fingerprint density at radius 1 is 0.429 bits per heavy atom. The standard InChI is InChI=1S/C10H19NO.C9H17NO2.3C9H17NO.C8H16N2O2.C8H14N2O.2C8H16N2O.C7H14N2O/c1-8(2)11-6-5-10(3,4)7-9(11)12;1-7(2)10-5-4-9(3,12)6-8(10)11;1-7(2)10-5-4-8(3)6-9(10)11;1-7(2)10-6-4-5-9(11)8(10)3;1-7(2)10-6-4-5-8(3)9(10)11;1-6(2)10-4-3-9-8(12)7(10)5-11;1-5(2)10-6-3-7(8(10)11)9-4-6;1-6(2)10-5-4-9-8(11)7(10)3;1-7(2)10-6-5-9-4-3-8(10)11;1-6(2)9-4-3-8-5-7(9)10/h8H,5-7H2,1-4H3;7,12H,4-6H2,1-3H3;3*7-8H,4-6H2,1-3H3;6-7,11H,3-5H2,1-2H3,(H,9,12);5-7,9H,3-4H2,1-2H3;6-7H,4-5H2,1-3H3,(H,9,11);7,9H,3-6H2,1-2H3;6,8H,3-5H2,1-2H3. The van der Waals surface area contributed by atoms with Crippen LogP contribution in [-0.4, -0.2) is 326 Å². The number of piperidine rings is 5. The highest BCUT2D eigenvalue weighted by Crippen LogP contribution is 2.32. The summed E-state index contributed by atoms with van der Waals surface area (Å²) in [5, 5.41) is 33.6. The van der Waals surface area contributed by atoms with Crippen LogP contribution in [0.3, 0.4) is 0 Å². The summed E-state index contributed by atoms with van der Waals surface area (Å²) in [6.45, 7) is 69.4. The molecule has 0 aromatic carbocycles. The van der Waals surface area contributed by atoms with Gasteiger partial charge in [0.15, 0.2) is 0 Å². The Kier molecular flexibility index (Phi) is 46.1. The molecule has 11 aliphatic heterocycles. The number of piperazine rings is 4. The van der Waals surface area contributed by atoms with Gasteiger partial charge in [-0.1, -0.05) is 27.7 Å². The average molecular weight is 1590 g/mol. The molecule has 0 aliphatic carbocycles. The van der Waals surface area contributed by atoms with E-state index in [2.05, 4.69) is 154 Å². The fourth-order valence-electron chi connectivity index (χ4n) is 15.8. The molecule has 650 valence electrons. The van der Waals surface area contributed by atoms with E-state index in [1.807, 2.05) is 102 Å². The lowest BCUT2D eigenvalue weighted by atomic mass is 9.82. The average Bonchev–Trinajstić information content (AvgIpc) is 1.64. The molecule has 11 aliphatic rings. The number of carbonyl (C=O) groups is 10. The van der Waals surface area contributed by atoms with E-state index in [-0.39, 0.29) is 84.1 Å². The van der Waals surface area contributed by atoms with E-state index in [0.717, 1.165) is 124 Å². The predicted octanol–water partition coefficient (Wildman–Crippen LogP) is 6.98. The molecule has 0 aromatic rings. The molecular weight excluding hydrogens is 1420 g/mol. The van der Waals surface area contributed by atoms with Gasteiger partial charge in [-0.25, -0.2) is 0 Å². The van der Waals surface area contributed by atoms with E-state index >= 15 is 0 Å². The minimum Gasteiger partial charge on any atom is -0.394 e. The summed E-state index contributed by atoms with van der Waals surface area (Å²) in [7, 11) is 0. The Balaban J connectivity index is 0.000000422. The molecule has 0 spiro atoms. The van der Waals surface area contributed by atoms with Crippen LogP contribution in [0.15, 0.2) is 0 Å². The van der Waals surface area contributed by atoms with Gasteiger partial charge < -0.3 is 71.1 Å². The number of fused-ring (bicyclic) bond motifs is 2. The van der Waals surface area contributed by atoms with E-state index in [0.29, 0.717) is 135 Å². The van der Waals surface area contributed by atoms with Gasteiger partial charge in [0.05, 0.1) is 43.3 Å². The summed E-state index contributed by atoms with van der Waals surface area (Å²) in [5.74, 6) is 3.23. The molecule has 7 N–H and O–H groups in total. The Labute approximate surface area is 678 Å². The fraction of sp³-hybridized carbons (Fsp3) is 0.882. The van der Waals surface area contributed by atoms with E-state index in [4.69, 9.17) is 5.11 Å². The molecule has 11 saturated heterocycles. The lowest BCUT2D eigenvalue weighted by Crippen LogP contribution is -2.58. The first-order valence-corrected chi connectivity index (χ1v) is 43.1. The molecule has 11 fully saturated rings. The SMILES string of the molecule is CC(C)N1C(=O)C2CC1CN2.CC(C)N1CCC(C)(C)CC1=O.CC(C)N1CCC(C)(O)CC1=O.CC(C)N1CCCC(=O)C1C.CC(C)N1CCNC(=O)C1C.CC(C)N1CCNC(=O)C1CO.CC(C)N1CCNCC1=O.CC(C)N1CCNCCC1=O.CC1CCCN(C(C)C)C1=O.CC1CCN(C(C)C)C(=O)C1. The zero-order chi connectivity index (χ0) is 85.4. The van der Waals surface area contributed by atoms with Crippen LogP contribution in [-0.2, 0) is 47.9 Å². The van der Waals surface area contributed by atoms with E-state index in [9.17, 15) is 53.1 Å². The lowest BCUT2D eigenvalue weighted by Gasteiger charge is -2.38. The van der Waals surface area contributed by atoms with E-state index < -0.39 is 5.60 Å². The first-order chi connectivity index (χ1) is 52.1. The van der Waals surface area contributed by atoms with Crippen LogP contribution in [0, 0.1) is 17.3 Å². The Hall–Kier alpha value is -5.42. The van der Waals surface area contributed by atoms with Crippen molar-refractivity contribution >= 4 is 58.9 Å². The van der Waals surface area contributed by atoms with E-state index in [1.165, 1.54) is 12.8 Å². The van der Waals surface area contributed by atoms with Crippen LogP contribution in [0.25, 0.3) is 0 Å². The monoisotopic (exact) mass is 1590 g/mol. The highest BCUT2D eigenvalue weighted by molar-refractivity contribution is 5.86. The normalized spacial score (nSPS) is 26.6. The third-order valence-corrected chi connectivity index (χ3v) is 22.9. The van der Waals surface area contributed by atoms with Gasteiger partial charge in [-0.15, -0.1) is 0 Å². The first-order valence-electron chi connectivity index (χ1n) is 43.1. The van der Waals surface area contributed by atoms with Crippen molar-refractivity contribution in [3.8, 4) is 0 Å². The molecule has 11 rings (SSSR count). The first kappa shape index (κ1) is 103. The summed E-state index contributed by atoms with van der Waals surface area (Å²) >= 11 is 0. The molecule has 0 aromatic heterocycles. The van der Waals surface area contributed by atoms with Crippen molar-refractivity contribution in [3.05, 3.63) is 0 Å². The van der Waals surface area contributed by atoms with Gasteiger partial charge in [-0.05, 0) is 222 Å². The smallest absolute Gasteiger partial charge is 0.240 e. The number of nitrogens with zero attached hydrogens (tertiary/aromatic N) is 10. The highest BCUT2D eigenvalue weighted by Gasteiger charge is 2.45. The van der Waals surface area contributed by atoms with Gasteiger partial charge >= 0.3 is 0 Å². The van der Waals surface area contributed by atoms with Crippen molar-refractivity contribution in [1.82, 2.24) is 75.6 Å². The van der Waals surface area contributed by atoms with Gasteiger partial charge in [0.1, 0.15) is 11.8 Å². The molecule has 0 radical (unpaired) electrons. The summed E-state index contributed by atoms with van der Waals surface area (Å²) in [4.78, 5) is 134. The molecular formula is C85H163N15O12. The number of amides is 9. The number of aliphatic hydroxyl groups is 2. The number of nitrogens with one attached hydrogen (secondary N) is 5. The Morgan fingerprint density at radius 2 is 0.911 bits per heavy atom. The number of hydrogen-bond acceptors (Lipinski definition) is 18. The van der Waals surface area contributed by atoms with Crippen LogP contribution in [0.2, 0.25) is 0 Å². The van der Waals surface area contributed by atoms with Gasteiger partial charge in [0, 0.05) is 190 Å².